The molecule has 0 aromatic heterocycles. The molecule has 2 aromatic rings. The van der Waals surface area contributed by atoms with Crippen LogP contribution in [0.1, 0.15) is 115 Å². The van der Waals surface area contributed by atoms with Gasteiger partial charge in [-0.3, -0.25) is 0 Å². The quantitative estimate of drug-likeness (QED) is 0.0568. The van der Waals surface area contributed by atoms with Crippen LogP contribution in [0.25, 0.3) is 3.59 Å². The van der Waals surface area contributed by atoms with Crippen LogP contribution in [0.4, 0.5) is 0 Å². The number of nitrogens with zero attached hydrogens (tertiary/aromatic N) is 1. The van der Waals surface area contributed by atoms with Gasteiger partial charge >= 0.3 is 314 Å². The van der Waals surface area contributed by atoms with E-state index in [-0.39, 0.29) is 11.8 Å². The first-order valence-electron chi connectivity index (χ1n) is 19.5. The number of hydrogen-bond donors (Lipinski definition) is 0. The number of ether oxygens (including phenoxy) is 4. The van der Waals surface area contributed by atoms with Crippen LogP contribution < -0.4 is 9.47 Å². The van der Waals surface area contributed by atoms with Gasteiger partial charge in [-0.05, 0) is 0 Å². The van der Waals surface area contributed by atoms with Gasteiger partial charge in [-0.2, -0.15) is 0 Å². The van der Waals surface area contributed by atoms with Crippen molar-refractivity contribution in [1.29, 1.82) is 0 Å². The van der Waals surface area contributed by atoms with Gasteiger partial charge in [0, 0.05) is 0 Å². The standard InChI is InChI=1S/C30H38NO7Si.3C4H9.Sn/c1-29(2,3)39(6,7)38-24(14-13-22-15-25-26(34-20-33-25)16-23(22)18-32)28-27(36-30(4,5)37-28)17-31-35-19-21-11-9-8-10-12-21;3*1-3-4-2;/h8-12,14-18,24,27-28H,19-20H2,1-7H3;3*1,3-4H2,2H3;/b14-13?,31-17+;;;;/t24-,27-,28+;;;;/m1..../s1. The van der Waals surface area contributed by atoms with Crippen molar-refractivity contribution in [2.45, 2.75) is 156 Å². The van der Waals surface area contributed by atoms with E-state index in [1.807, 2.05) is 50.2 Å². The van der Waals surface area contributed by atoms with Crippen LogP contribution in [0.3, 0.4) is 0 Å². The molecule has 3 atom stereocenters. The summed E-state index contributed by atoms with van der Waals surface area (Å²) in [4.78, 5) is 18.8. The summed E-state index contributed by atoms with van der Waals surface area (Å²) in [5, 5.41) is 4.35. The van der Waals surface area contributed by atoms with E-state index in [4.69, 9.17) is 28.2 Å². The summed E-state index contributed by atoms with van der Waals surface area (Å²) in [7, 11) is -2.38. The number of carbonyl (C=O) groups is 1. The molecule has 52 heavy (non-hydrogen) atoms. The number of aldehydes is 1. The topological polar surface area (TPSA) is 84.8 Å². The molecule has 0 spiro atoms. The maximum absolute atomic E-state index is 13.0. The van der Waals surface area contributed by atoms with Crippen LogP contribution in [0.2, 0.25) is 31.4 Å². The average molecular weight is 843 g/mol. The van der Waals surface area contributed by atoms with E-state index in [1.165, 1.54) is 36.2 Å². The molecule has 2 aliphatic heterocycles. The van der Waals surface area contributed by atoms with Crippen molar-refractivity contribution in [2.75, 3.05) is 6.79 Å². The molecule has 2 heterocycles. The van der Waals surface area contributed by atoms with E-state index < -0.39 is 50.8 Å². The summed E-state index contributed by atoms with van der Waals surface area (Å²) >= 11 is -3.35. The van der Waals surface area contributed by atoms with Crippen molar-refractivity contribution >= 4 is 42.8 Å². The molecule has 0 N–H and O–H groups in total. The molecule has 10 heteroatoms. The van der Waals surface area contributed by atoms with Crippen molar-refractivity contribution in [3.63, 3.8) is 0 Å². The van der Waals surface area contributed by atoms with Crippen LogP contribution in [-0.2, 0) is 25.3 Å². The Morgan fingerprint density at radius 2 is 1.56 bits per heavy atom. The summed E-state index contributed by atoms with van der Waals surface area (Å²) in [6.45, 7) is 22.6. The summed E-state index contributed by atoms with van der Waals surface area (Å²) in [5.74, 6) is 0.442. The first-order valence-corrected chi connectivity index (χ1v) is 29.9. The monoisotopic (exact) mass is 843 g/mol. The fourth-order valence-corrected chi connectivity index (χ4v) is 25.2. The van der Waals surface area contributed by atoms with E-state index in [1.54, 1.807) is 6.21 Å². The van der Waals surface area contributed by atoms with Crippen LogP contribution in [0.5, 0.6) is 11.5 Å². The fourth-order valence-electron chi connectivity index (χ4n) is 7.02. The number of rotatable bonds is 20. The van der Waals surface area contributed by atoms with E-state index in [2.05, 4.69) is 71.9 Å². The molecule has 0 saturated carbocycles. The minimum atomic E-state index is -3.35. The van der Waals surface area contributed by atoms with Crippen molar-refractivity contribution < 1.29 is 33.0 Å². The minimum absolute atomic E-state index is 0.0592. The molecule has 1 saturated heterocycles. The second-order valence-electron chi connectivity index (χ2n) is 16.5. The van der Waals surface area contributed by atoms with E-state index >= 15 is 0 Å². The summed E-state index contributed by atoms with van der Waals surface area (Å²) in [5.41, 5.74) is 2.65. The summed E-state index contributed by atoms with van der Waals surface area (Å²) in [6, 6.07) is 13.9. The number of oxime groups is 1. The zero-order valence-corrected chi connectivity index (χ0v) is 37.4. The molecule has 8 nitrogen and oxygen atoms in total. The summed E-state index contributed by atoms with van der Waals surface area (Å²) in [6.07, 6.45) is 10.5. The number of benzene rings is 2. The zero-order chi connectivity index (χ0) is 38.0. The predicted octanol–water partition coefficient (Wildman–Crippen LogP) is 11.1. The van der Waals surface area contributed by atoms with Gasteiger partial charge in [0.05, 0.1) is 0 Å². The molecule has 0 amide bonds. The zero-order valence-electron chi connectivity index (χ0n) is 33.6. The Balaban J connectivity index is 1.94. The van der Waals surface area contributed by atoms with Crippen LogP contribution in [0, 0.1) is 0 Å². The Kier molecular flexibility index (Phi) is 15.5. The van der Waals surface area contributed by atoms with E-state index in [0.29, 0.717) is 23.7 Å². The Morgan fingerprint density at radius 3 is 2.12 bits per heavy atom. The van der Waals surface area contributed by atoms with Gasteiger partial charge in [0.2, 0.25) is 0 Å². The van der Waals surface area contributed by atoms with Gasteiger partial charge in [0.1, 0.15) is 0 Å². The molecule has 1 fully saturated rings. The van der Waals surface area contributed by atoms with Crippen molar-refractivity contribution in [3.05, 3.63) is 65.2 Å². The Hall–Kier alpha value is -2.18. The first kappa shape index (κ1) is 42.6. The van der Waals surface area contributed by atoms with Gasteiger partial charge < -0.3 is 0 Å². The van der Waals surface area contributed by atoms with Crippen molar-refractivity contribution in [3.8, 4) is 11.5 Å². The van der Waals surface area contributed by atoms with Gasteiger partial charge in [0.15, 0.2) is 0 Å². The number of hydrogen-bond acceptors (Lipinski definition) is 8. The van der Waals surface area contributed by atoms with Crippen molar-refractivity contribution in [1.82, 2.24) is 0 Å². The average Bonchev–Trinajstić information content (AvgIpc) is 3.70. The number of fused-ring (bicyclic) bond motifs is 1. The number of unbranched alkanes of at least 4 members (excludes halogenated alkanes) is 3. The molecule has 0 unspecified atom stereocenters. The first-order chi connectivity index (χ1) is 24.7. The fraction of sp³-hybridized carbons (Fsp3) is 0.619. The maximum atomic E-state index is 13.0. The SMILES string of the molecule is CCC[CH2][Sn]([CH2]CCC)([CH2]CCC)/[C](=C\[C@@H](O[Si](C)(C)C(C)(C)C)[C@@H]1OC(C)(C)O[C@@H]1/C=N/OCc1ccccc1)c1cc2c(cc1C=O)OCO2. The van der Waals surface area contributed by atoms with Crippen LogP contribution >= 0.6 is 0 Å². The van der Waals surface area contributed by atoms with E-state index in [9.17, 15) is 4.79 Å². The van der Waals surface area contributed by atoms with Gasteiger partial charge in [-0.25, -0.2) is 0 Å². The third-order valence-electron chi connectivity index (χ3n) is 11.0. The third-order valence-corrected chi connectivity index (χ3v) is 31.2. The Bertz CT molecular complexity index is 1480. The van der Waals surface area contributed by atoms with Crippen molar-refractivity contribution in [2.24, 2.45) is 5.16 Å². The molecule has 0 radical (unpaired) electrons. The predicted molar refractivity (Wildman–Crippen MR) is 216 cm³/mol. The second-order valence-corrected chi connectivity index (χ2v) is 34.4. The molecule has 2 aromatic carbocycles. The molecule has 2 aliphatic rings. The molecule has 0 bridgehead atoms. The van der Waals surface area contributed by atoms with Crippen LogP contribution in [0.15, 0.2) is 53.7 Å². The summed E-state index contributed by atoms with van der Waals surface area (Å²) < 4.78 is 37.5. The second kappa shape index (κ2) is 18.9. The van der Waals surface area contributed by atoms with E-state index in [0.717, 1.165) is 36.7 Å². The molecular formula is C42H65NO7SiSn. The molecule has 0 aliphatic carbocycles. The van der Waals surface area contributed by atoms with Gasteiger partial charge in [-0.1, -0.05) is 6.07 Å². The Morgan fingerprint density at radius 1 is 0.962 bits per heavy atom. The normalized spacial score (nSPS) is 19.7. The third kappa shape index (κ3) is 11.0. The van der Waals surface area contributed by atoms with Gasteiger partial charge in [0.25, 0.3) is 0 Å². The van der Waals surface area contributed by atoms with Crippen LogP contribution in [-0.4, -0.2) is 70.1 Å². The van der Waals surface area contributed by atoms with Gasteiger partial charge in [-0.15, -0.1) is 0 Å². The molecule has 288 valence electrons. The molecule has 4 rings (SSSR count). The number of carbonyl (C=O) groups excluding carboxylic acids is 1. The Labute approximate surface area is 319 Å². The molecular weight excluding hydrogens is 777 g/mol.